The fraction of sp³-hybridized carbons (Fsp3) is 0.0145. The molecule has 71 heavy (non-hydrogen) atoms. The molecule has 0 saturated carbocycles. The number of nitrogens with zero attached hydrogens (tertiary/aromatic N) is 2. The molecule has 12 aromatic carbocycles. The summed E-state index contributed by atoms with van der Waals surface area (Å²) in [5.41, 5.74) is 21.0. The van der Waals surface area contributed by atoms with E-state index in [4.69, 9.17) is 0 Å². The second kappa shape index (κ2) is 16.5. The van der Waals surface area contributed by atoms with Crippen LogP contribution in [0, 0.1) is 0 Å². The van der Waals surface area contributed by atoms with Crippen molar-refractivity contribution >= 4 is 55.7 Å². The Kier molecular flexibility index (Phi) is 9.47. The maximum absolute atomic E-state index is 2.52. The molecule has 0 aliphatic heterocycles. The van der Waals surface area contributed by atoms with Crippen molar-refractivity contribution in [3.63, 3.8) is 0 Å². The highest BCUT2D eigenvalue weighted by molar-refractivity contribution is 6.07. The predicted molar refractivity (Wildman–Crippen MR) is 298 cm³/mol. The van der Waals surface area contributed by atoms with Crippen molar-refractivity contribution in [3.05, 3.63) is 301 Å². The van der Waals surface area contributed by atoms with E-state index < -0.39 is 5.41 Å². The van der Waals surface area contributed by atoms with Gasteiger partial charge in [-0.1, -0.05) is 224 Å². The van der Waals surface area contributed by atoms with Crippen LogP contribution in [0.3, 0.4) is 0 Å². The second-order valence-corrected chi connectivity index (χ2v) is 18.7. The summed E-state index contributed by atoms with van der Waals surface area (Å²) in [6.45, 7) is 0. The Morgan fingerprint density at radius 2 is 0.704 bits per heavy atom. The van der Waals surface area contributed by atoms with Crippen LogP contribution in [0.25, 0.3) is 66.1 Å². The number of anilines is 6. The van der Waals surface area contributed by atoms with Crippen LogP contribution in [0.15, 0.2) is 279 Å². The molecular formula is C69H46N2. The summed E-state index contributed by atoms with van der Waals surface area (Å²) >= 11 is 0. The first-order valence-electron chi connectivity index (χ1n) is 24.6. The SMILES string of the molecule is c1ccc(-c2ccccc2N(c2ccc3c(c2)C2(c4ccccc4-c4ccc(N(c5ccccc5)c5ccc6ccccc6c5-c5ccccc5)cc42)c2ccccc2-3)c2cccc3ccccc23)cc1. The smallest absolute Gasteiger partial charge is 0.0727 e. The molecule has 0 fully saturated rings. The Balaban J connectivity index is 1.05. The van der Waals surface area contributed by atoms with Gasteiger partial charge < -0.3 is 9.80 Å². The van der Waals surface area contributed by atoms with Crippen LogP contribution < -0.4 is 9.80 Å². The van der Waals surface area contributed by atoms with Gasteiger partial charge in [0.2, 0.25) is 0 Å². The summed E-state index contributed by atoms with van der Waals surface area (Å²) in [6, 6.07) is 103. The van der Waals surface area contributed by atoms with Crippen LogP contribution in [-0.4, -0.2) is 0 Å². The van der Waals surface area contributed by atoms with E-state index in [0.29, 0.717) is 0 Å². The van der Waals surface area contributed by atoms with Crippen molar-refractivity contribution in [2.45, 2.75) is 5.41 Å². The summed E-state index contributed by atoms with van der Waals surface area (Å²) in [7, 11) is 0. The fourth-order valence-electron chi connectivity index (χ4n) is 12.1. The van der Waals surface area contributed by atoms with Crippen LogP contribution in [0.2, 0.25) is 0 Å². The van der Waals surface area contributed by atoms with Gasteiger partial charge in [0, 0.05) is 33.6 Å². The van der Waals surface area contributed by atoms with Crippen LogP contribution in [0.5, 0.6) is 0 Å². The molecule has 14 rings (SSSR count). The largest absolute Gasteiger partial charge is 0.310 e. The third-order valence-corrected chi connectivity index (χ3v) is 15.0. The molecule has 1 atom stereocenters. The van der Waals surface area contributed by atoms with Gasteiger partial charge in [0.25, 0.3) is 0 Å². The average molecular weight is 903 g/mol. The molecule has 1 unspecified atom stereocenters. The topological polar surface area (TPSA) is 6.48 Å². The van der Waals surface area contributed by atoms with E-state index in [1.165, 1.54) is 88.3 Å². The van der Waals surface area contributed by atoms with Gasteiger partial charge in [-0.3, -0.25) is 0 Å². The average Bonchev–Trinajstić information content (AvgIpc) is 3.92. The number of hydrogen-bond donors (Lipinski definition) is 0. The van der Waals surface area contributed by atoms with Gasteiger partial charge in [-0.15, -0.1) is 0 Å². The maximum atomic E-state index is 2.52. The molecule has 332 valence electrons. The molecule has 2 aliphatic rings. The van der Waals surface area contributed by atoms with Crippen LogP contribution in [0.4, 0.5) is 34.1 Å². The Labute approximate surface area is 414 Å². The van der Waals surface area contributed by atoms with Gasteiger partial charge in [0.1, 0.15) is 0 Å². The van der Waals surface area contributed by atoms with Crippen molar-refractivity contribution in [1.82, 2.24) is 0 Å². The zero-order valence-electron chi connectivity index (χ0n) is 39.0. The molecule has 0 radical (unpaired) electrons. The molecular weight excluding hydrogens is 857 g/mol. The number of para-hydroxylation sites is 2. The van der Waals surface area contributed by atoms with Crippen molar-refractivity contribution in [3.8, 4) is 44.5 Å². The quantitative estimate of drug-likeness (QED) is 0.150. The van der Waals surface area contributed by atoms with Crippen molar-refractivity contribution < 1.29 is 0 Å². The third kappa shape index (κ3) is 6.28. The number of benzene rings is 12. The van der Waals surface area contributed by atoms with E-state index >= 15 is 0 Å². The standard InChI is InChI=1S/C69H46N2/c1-4-21-47(22-5-1)54-31-16-19-37-65(54)71(66-38-20-27-48-23-10-12-30-55(48)66)53-41-43-60-58-34-15-18-36-62(58)69(64(60)46-53)61-35-17-14-33-57(61)59-42-40-52(45-63(59)69)70(51-28-8-3-9-29-51)67-44-39-49-24-11-13-32-56(49)68(67)50-25-6-2-7-26-50/h1-46H. The van der Waals surface area contributed by atoms with E-state index in [-0.39, 0.29) is 0 Å². The number of fused-ring (bicyclic) bond motifs is 12. The van der Waals surface area contributed by atoms with E-state index in [9.17, 15) is 0 Å². The zero-order chi connectivity index (χ0) is 46.9. The summed E-state index contributed by atoms with van der Waals surface area (Å²) in [4.78, 5) is 4.98. The van der Waals surface area contributed by atoms with Crippen molar-refractivity contribution in [2.75, 3.05) is 9.80 Å². The lowest BCUT2D eigenvalue weighted by molar-refractivity contribution is 0.793. The summed E-state index contributed by atoms with van der Waals surface area (Å²) in [5.74, 6) is 0. The van der Waals surface area contributed by atoms with Crippen molar-refractivity contribution in [1.29, 1.82) is 0 Å². The number of hydrogen-bond acceptors (Lipinski definition) is 2. The van der Waals surface area contributed by atoms with Gasteiger partial charge in [-0.2, -0.15) is 0 Å². The van der Waals surface area contributed by atoms with Gasteiger partial charge >= 0.3 is 0 Å². The van der Waals surface area contributed by atoms with Crippen LogP contribution in [-0.2, 0) is 5.41 Å². The normalized spacial score (nSPS) is 14.0. The van der Waals surface area contributed by atoms with Gasteiger partial charge in [0.15, 0.2) is 0 Å². The summed E-state index contributed by atoms with van der Waals surface area (Å²) in [6.07, 6.45) is 0. The van der Waals surface area contributed by atoms with Crippen LogP contribution >= 0.6 is 0 Å². The molecule has 12 aromatic rings. The molecule has 0 N–H and O–H groups in total. The first-order valence-corrected chi connectivity index (χ1v) is 24.6. The minimum absolute atomic E-state index is 0.624. The molecule has 2 heteroatoms. The highest BCUT2D eigenvalue weighted by atomic mass is 15.2. The van der Waals surface area contributed by atoms with Gasteiger partial charge in [0.05, 0.1) is 22.5 Å². The van der Waals surface area contributed by atoms with E-state index in [1.807, 2.05) is 0 Å². The van der Waals surface area contributed by atoms with E-state index in [0.717, 1.165) is 34.1 Å². The van der Waals surface area contributed by atoms with E-state index in [1.54, 1.807) is 0 Å². The zero-order valence-corrected chi connectivity index (χ0v) is 39.0. The number of rotatable bonds is 8. The Morgan fingerprint density at radius 3 is 1.37 bits per heavy atom. The molecule has 1 spiro atoms. The Morgan fingerprint density at radius 1 is 0.239 bits per heavy atom. The van der Waals surface area contributed by atoms with Gasteiger partial charge in [-0.05, 0) is 126 Å². The first-order chi connectivity index (χ1) is 35.3. The lowest BCUT2D eigenvalue weighted by atomic mass is 9.70. The molecule has 0 heterocycles. The first kappa shape index (κ1) is 40.8. The maximum Gasteiger partial charge on any atom is 0.0727 e. The lowest BCUT2D eigenvalue weighted by Gasteiger charge is -2.34. The molecule has 0 aromatic heterocycles. The minimum Gasteiger partial charge on any atom is -0.310 e. The van der Waals surface area contributed by atoms with Gasteiger partial charge in [-0.25, -0.2) is 0 Å². The molecule has 0 bridgehead atoms. The Bertz CT molecular complexity index is 3990. The highest BCUT2D eigenvalue weighted by Crippen LogP contribution is 2.64. The van der Waals surface area contributed by atoms with E-state index in [2.05, 4.69) is 289 Å². The fourth-order valence-corrected chi connectivity index (χ4v) is 12.1. The molecule has 0 saturated heterocycles. The second-order valence-electron chi connectivity index (χ2n) is 18.7. The minimum atomic E-state index is -0.624. The monoisotopic (exact) mass is 902 g/mol. The molecule has 0 amide bonds. The highest BCUT2D eigenvalue weighted by Gasteiger charge is 2.52. The van der Waals surface area contributed by atoms with Crippen molar-refractivity contribution in [2.24, 2.45) is 0 Å². The lowest BCUT2D eigenvalue weighted by Crippen LogP contribution is -2.26. The van der Waals surface area contributed by atoms with Crippen LogP contribution in [0.1, 0.15) is 22.3 Å². The molecule has 2 nitrogen and oxygen atoms in total. The molecule has 2 aliphatic carbocycles. The predicted octanol–water partition coefficient (Wildman–Crippen LogP) is 18.6. The Hall–Kier alpha value is -9.24. The summed E-state index contributed by atoms with van der Waals surface area (Å²) in [5, 5.41) is 4.83. The summed E-state index contributed by atoms with van der Waals surface area (Å²) < 4.78 is 0. The third-order valence-electron chi connectivity index (χ3n) is 15.0.